The number of phenols is 1. The summed E-state index contributed by atoms with van der Waals surface area (Å²) in [7, 11) is 0. The Balaban J connectivity index is 1.58. The van der Waals surface area contributed by atoms with Crippen LogP contribution in [0.3, 0.4) is 0 Å². The number of fused-ring (bicyclic) bond motifs is 1. The van der Waals surface area contributed by atoms with Gasteiger partial charge in [0.25, 0.3) is 5.88 Å². The predicted octanol–water partition coefficient (Wildman–Crippen LogP) is 5.22. The number of hydrogen-bond donors (Lipinski definition) is 2. The van der Waals surface area contributed by atoms with Gasteiger partial charge < -0.3 is 24.5 Å². The normalized spacial score (nSPS) is 14.1. The van der Waals surface area contributed by atoms with Crippen molar-refractivity contribution in [2.24, 2.45) is 5.18 Å². The molecule has 0 bridgehead atoms. The van der Waals surface area contributed by atoms with E-state index in [0.29, 0.717) is 66.0 Å². The number of hydrogen-bond acceptors (Lipinski definition) is 9. The maximum Gasteiger partial charge on any atom is 0.260 e. The van der Waals surface area contributed by atoms with Gasteiger partial charge >= 0.3 is 0 Å². The fourth-order valence-electron chi connectivity index (χ4n) is 3.69. The van der Waals surface area contributed by atoms with Crippen LogP contribution in [-0.2, 0) is 4.74 Å². The van der Waals surface area contributed by atoms with E-state index < -0.39 is 0 Å². The Kier molecular flexibility index (Phi) is 5.88. The number of aromatic nitrogens is 2. The van der Waals surface area contributed by atoms with E-state index in [1.54, 1.807) is 48.6 Å². The van der Waals surface area contributed by atoms with Crippen LogP contribution in [-0.4, -0.2) is 41.4 Å². The second-order valence-electron chi connectivity index (χ2n) is 7.62. The first-order valence-electron chi connectivity index (χ1n) is 10.6. The number of ether oxygens (including phenoxy) is 1. The van der Waals surface area contributed by atoms with Crippen LogP contribution in [0.5, 0.6) is 5.75 Å². The number of morpholine rings is 1. The first-order chi connectivity index (χ1) is 16.6. The molecule has 5 rings (SSSR count). The summed E-state index contributed by atoms with van der Waals surface area (Å²) in [6.45, 7) is 2.24. The second kappa shape index (κ2) is 9.28. The van der Waals surface area contributed by atoms with Crippen LogP contribution >= 0.6 is 0 Å². The Hall–Kier alpha value is -4.31. The number of phenolic OH excluding ortho intramolecular Hbond substituents is 1. The van der Waals surface area contributed by atoms with Gasteiger partial charge in [0.15, 0.2) is 5.82 Å². The third-order valence-corrected chi connectivity index (χ3v) is 5.36. The second-order valence-corrected chi connectivity index (χ2v) is 7.62. The summed E-state index contributed by atoms with van der Waals surface area (Å²) in [6.07, 6.45) is 3.25. The van der Waals surface area contributed by atoms with Gasteiger partial charge in [-0.1, -0.05) is 0 Å². The van der Waals surface area contributed by atoms with Gasteiger partial charge in [0.1, 0.15) is 23.1 Å². The van der Waals surface area contributed by atoms with Gasteiger partial charge in [-0.3, -0.25) is 0 Å². The van der Waals surface area contributed by atoms with Crippen LogP contribution in [0.1, 0.15) is 11.6 Å². The maximum atomic E-state index is 15.1. The van der Waals surface area contributed by atoms with Crippen molar-refractivity contribution in [2.45, 2.75) is 0 Å². The summed E-state index contributed by atoms with van der Waals surface area (Å²) in [5.74, 6) is 0.895. The molecule has 0 atom stereocenters. The maximum absolute atomic E-state index is 15.1. The fraction of sp³-hybridized carbons (Fsp3) is 0.167. The highest BCUT2D eigenvalue weighted by molar-refractivity contribution is 5.94. The Labute approximate surface area is 193 Å². The van der Waals surface area contributed by atoms with Crippen LogP contribution < -0.4 is 10.2 Å². The lowest BCUT2D eigenvalue weighted by atomic mass is 10.1. The van der Waals surface area contributed by atoms with E-state index in [9.17, 15) is 10.0 Å². The Morgan fingerprint density at radius 2 is 1.85 bits per heavy atom. The molecular formula is C24H20FN5O4. The van der Waals surface area contributed by atoms with Crippen LogP contribution in [0, 0.1) is 10.7 Å². The lowest BCUT2D eigenvalue weighted by molar-refractivity contribution is 0.122. The molecule has 1 aliphatic heterocycles. The number of nitrogens with one attached hydrogen (secondary N) is 1. The van der Waals surface area contributed by atoms with Crippen molar-refractivity contribution >= 4 is 46.1 Å². The summed E-state index contributed by atoms with van der Waals surface area (Å²) in [6, 6.07) is 12.7. The molecule has 0 amide bonds. The Morgan fingerprint density at radius 1 is 1.06 bits per heavy atom. The van der Waals surface area contributed by atoms with E-state index >= 15 is 4.39 Å². The Morgan fingerprint density at radius 3 is 2.59 bits per heavy atom. The highest BCUT2D eigenvalue weighted by Gasteiger charge is 2.18. The number of nitroso groups, excluding NO2 is 1. The standard InChI is InChI=1S/C24H20FN5O4/c25-19-13-18-20(14-21(19)30-9-11-33-12-10-30)27-22(7-5-17-6-8-23(29-32)34-17)28-24(18)26-15-1-3-16(31)4-2-15/h1-8,13-14,31H,9-12H2,(H,26,27,28)/b7-5+. The lowest BCUT2D eigenvalue weighted by Gasteiger charge is -2.29. The molecule has 0 spiro atoms. The van der Waals surface area contributed by atoms with Crippen molar-refractivity contribution in [3.8, 4) is 5.75 Å². The fourth-order valence-corrected chi connectivity index (χ4v) is 3.69. The molecule has 2 aromatic heterocycles. The molecule has 4 aromatic rings. The largest absolute Gasteiger partial charge is 0.508 e. The molecule has 2 aromatic carbocycles. The van der Waals surface area contributed by atoms with Crippen molar-refractivity contribution in [3.05, 3.63) is 70.8 Å². The van der Waals surface area contributed by atoms with E-state index in [0.717, 1.165) is 0 Å². The van der Waals surface area contributed by atoms with E-state index in [1.807, 2.05) is 4.90 Å². The summed E-state index contributed by atoms with van der Waals surface area (Å²) in [5, 5.41) is 16.0. The Bertz CT molecular complexity index is 1360. The minimum absolute atomic E-state index is 0.0283. The van der Waals surface area contributed by atoms with E-state index in [1.165, 1.54) is 12.1 Å². The SMILES string of the molecule is O=Nc1ccc(/C=C/c2nc(Nc3ccc(O)cc3)c3cc(F)c(N4CCOCC4)cc3n2)o1. The highest BCUT2D eigenvalue weighted by atomic mass is 19.1. The van der Waals surface area contributed by atoms with E-state index in [-0.39, 0.29) is 17.5 Å². The third kappa shape index (κ3) is 4.57. The molecular weight excluding hydrogens is 441 g/mol. The first-order valence-corrected chi connectivity index (χ1v) is 10.6. The first kappa shape index (κ1) is 21.5. The molecule has 3 heterocycles. The van der Waals surface area contributed by atoms with Gasteiger partial charge in [0.2, 0.25) is 0 Å². The smallest absolute Gasteiger partial charge is 0.260 e. The summed E-state index contributed by atoms with van der Waals surface area (Å²) < 4.78 is 25.8. The van der Waals surface area contributed by atoms with Crippen LogP contribution in [0.15, 0.2) is 58.1 Å². The van der Waals surface area contributed by atoms with Crippen molar-refractivity contribution in [1.82, 2.24) is 9.97 Å². The monoisotopic (exact) mass is 461 g/mol. The molecule has 9 nitrogen and oxygen atoms in total. The topological polar surface area (TPSA) is 113 Å². The molecule has 34 heavy (non-hydrogen) atoms. The van der Waals surface area contributed by atoms with Crippen LogP contribution in [0.4, 0.5) is 27.5 Å². The van der Waals surface area contributed by atoms with Crippen LogP contribution in [0.2, 0.25) is 0 Å². The van der Waals surface area contributed by atoms with Gasteiger partial charge in [-0.25, -0.2) is 14.4 Å². The van der Waals surface area contributed by atoms with Gasteiger partial charge in [-0.15, -0.1) is 4.91 Å². The minimum atomic E-state index is -0.375. The summed E-state index contributed by atoms with van der Waals surface area (Å²) >= 11 is 0. The van der Waals surface area contributed by atoms with Crippen molar-refractivity contribution in [2.75, 3.05) is 36.5 Å². The molecule has 0 aliphatic carbocycles. The van der Waals surface area contributed by atoms with Crippen molar-refractivity contribution in [1.29, 1.82) is 0 Å². The lowest BCUT2D eigenvalue weighted by Crippen LogP contribution is -2.36. The molecule has 1 fully saturated rings. The number of anilines is 3. The van der Waals surface area contributed by atoms with Crippen molar-refractivity contribution in [3.63, 3.8) is 0 Å². The average Bonchev–Trinajstić information content (AvgIpc) is 3.33. The molecule has 0 radical (unpaired) electrons. The zero-order valence-corrected chi connectivity index (χ0v) is 17.9. The number of benzene rings is 2. The number of rotatable bonds is 6. The van der Waals surface area contributed by atoms with Gasteiger partial charge in [-0.05, 0) is 54.6 Å². The van der Waals surface area contributed by atoms with Gasteiger partial charge in [0.05, 0.1) is 24.4 Å². The highest BCUT2D eigenvalue weighted by Crippen LogP contribution is 2.31. The summed E-state index contributed by atoms with van der Waals surface area (Å²) in [5.41, 5.74) is 1.67. The van der Waals surface area contributed by atoms with Gasteiger partial charge in [0, 0.05) is 35.4 Å². The molecule has 0 saturated carbocycles. The van der Waals surface area contributed by atoms with Crippen molar-refractivity contribution < 1.29 is 18.7 Å². The number of furan rings is 1. The van der Waals surface area contributed by atoms with Crippen LogP contribution in [0.25, 0.3) is 23.1 Å². The molecule has 0 unspecified atom stereocenters. The summed E-state index contributed by atoms with van der Waals surface area (Å²) in [4.78, 5) is 21.7. The quantitative estimate of drug-likeness (QED) is 0.297. The molecule has 172 valence electrons. The predicted molar refractivity (Wildman–Crippen MR) is 127 cm³/mol. The zero-order chi connectivity index (χ0) is 23.5. The molecule has 10 heteroatoms. The van der Waals surface area contributed by atoms with E-state index in [4.69, 9.17) is 9.15 Å². The minimum Gasteiger partial charge on any atom is -0.508 e. The van der Waals surface area contributed by atoms with E-state index in [2.05, 4.69) is 20.5 Å². The number of nitrogens with zero attached hydrogens (tertiary/aromatic N) is 4. The third-order valence-electron chi connectivity index (χ3n) is 5.36. The number of halogens is 1. The van der Waals surface area contributed by atoms with Gasteiger partial charge in [-0.2, -0.15) is 0 Å². The average molecular weight is 461 g/mol. The number of aromatic hydroxyl groups is 1. The zero-order valence-electron chi connectivity index (χ0n) is 17.9. The molecule has 1 saturated heterocycles. The molecule has 1 aliphatic rings. The molecule has 2 N–H and O–H groups in total.